The van der Waals surface area contributed by atoms with Gasteiger partial charge in [-0.1, -0.05) is 30.3 Å². The van der Waals surface area contributed by atoms with E-state index in [1.807, 2.05) is 18.2 Å². The Bertz CT molecular complexity index is 1010. The zero-order valence-corrected chi connectivity index (χ0v) is 14.3. The summed E-state index contributed by atoms with van der Waals surface area (Å²) in [5, 5.41) is 4.42. The molecule has 4 aromatic rings. The smallest absolute Gasteiger partial charge is 0.146 e. The van der Waals surface area contributed by atoms with E-state index >= 15 is 0 Å². The average Bonchev–Trinajstić information content (AvgIpc) is 2.89. The van der Waals surface area contributed by atoms with Crippen LogP contribution in [0.2, 0.25) is 0 Å². The fraction of sp³-hybridized carbons (Fsp3) is 0.150. The summed E-state index contributed by atoms with van der Waals surface area (Å²) in [5.74, 6) is 0.811. The summed E-state index contributed by atoms with van der Waals surface area (Å²) in [4.78, 5) is 13.2. The molecule has 0 aliphatic carbocycles. The van der Waals surface area contributed by atoms with E-state index < -0.39 is 0 Å². The highest BCUT2D eigenvalue weighted by Crippen LogP contribution is 2.30. The van der Waals surface area contributed by atoms with E-state index in [2.05, 4.69) is 62.9 Å². The summed E-state index contributed by atoms with van der Waals surface area (Å²) in [6, 6.07) is 14.3. The summed E-state index contributed by atoms with van der Waals surface area (Å²) < 4.78 is 2.25. The zero-order chi connectivity index (χ0) is 17.2. The lowest BCUT2D eigenvalue weighted by Crippen LogP contribution is -2.03. The third-order valence-corrected chi connectivity index (χ3v) is 4.51. The second-order valence-corrected chi connectivity index (χ2v) is 6.07. The molecule has 1 aromatic carbocycles. The van der Waals surface area contributed by atoms with Gasteiger partial charge in [0.15, 0.2) is 0 Å². The van der Waals surface area contributed by atoms with Gasteiger partial charge < -0.3 is 9.88 Å². The molecule has 124 valence electrons. The van der Waals surface area contributed by atoms with Gasteiger partial charge >= 0.3 is 0 Å². The highest BCUT2D eigenvalue weighted by atomic mass is 15.1. The minimum absolute atomic E-state index is 0.792. The summed E-state index contributed by atoms with van der Waals surface area (Å²) >= 11 is 0. The first-order chi connectivity index (χ1) is 12.2. The summed E-state index contributed by atoms with van der Waals surface area (Å²) in [6.45, 7) is 5.05. The van der Waals surface area contributed by atoms with Crippen LogP contribution >= 0.6 is 0 Å². The van der Waals surface area contributed by atoms with Crippen LogP contribution < -0.4 is 5.32 Å². The van der Waals surface area contributed by atoms with Gasteiger partial charge in [-0.2, -0.15) is 0 Å². The highest BCUT2D eigenvalue weighted by Gasteiger charge is 2.16. The van der Waals surface area contributed by atoms with Gasteiger partial charge in [0.05, 0.1) is 17.3 Å². The first-order valence-electron chi connectivity index (χ1n) is 8.25. The number of hydrogen-bond donors (Lipinski definition) is 1. The van der Waals surface area contributed by atoms with Crippen molar-refractivity contribution in [1.29, 1.82) is 0 Å². The molecular weight excluding hydrogens is 310 g/mol. The average molecular weight is 329 g/mol. The van der Waals surface area contributed by atoms with E-state index in [4.69, 9.17) is 0 Å². The van der Waals surface area contributed by atoms with Gasteiger partial charge in [0.2, 0.25) is 0 Å². The van der Waals surface area contributed by atoms with Crippen LogP contribution in [0.25, 0.3) is 11.0 Å². The molecule has 0 saturated heterocycles. The van der Waals surface area contributed by atoms with Crippen molar-refractivity contribution in [3.63, 3.8) is 0 Å². The Hall–Kier alpha value is -3.21. The van der Waals surface area contributed by atoms with Crippen LogP contribution in [0, 0.1) is 13.8 Å². The number of hydrogen-bond acceptors (Lipinski definition) is 4. The lowest BCUT2D eigenvalue weighted by atomic mass is 10.2. The van der Waals surface area contributed by atoms with Crippen LogP contribution in [-0.2, 0) is 6.54 Å². The number of aromatic nitrogens is 4. The highest BCUT2D eigenvalue weighted by molar-refractivity contribution is 5.93. The van der Waals surface area contributed by atoms with Crippen LogP contribution in [0.5, 0.6) is 0 Å². The fourth-order valence-electron chi connectivity index (χ4n) is 3.10. The molecule has 0 bridgehead atoms. The van der Waals surface area contributed by atoms with Gasteiger partial charge in [0.25, 0.3) is 0 Å². The summed E-state index contributed by atoms with van der Waals surface area (Å²) in [5.41, 5.74) is 5.50. The fourth-order valence-corrected chi connectivity index (χ4v) is 3.10. The standard InChI is InChI=1S/C20H19N5/c1-14-15(2)25(12-16-7-4-3-5-8-16)20-18(14)19(22-13-23-20)24-17-9-6-10-21-11-17/h3-11,13H,12H2,1-2H3,(H,22,23,24). The van der Waals surface area contributed by atoms with Crippen molar-refractivity contribution in [2.45, 2.75) is 20.4 Å². The topological polar surface area (TPSA) is 55.6 Å². The van der Waals surface area contributed by atoms with E-state index in [0.717, 1.165) is 29.1 Å². The third kappa shape index (κ3) is 2.85. The van der Waals surface area contributed by atoms with Crippen molar-refractivity contribution in [3.05, 3.63) is 78.0 Å². The summed E-state index contributed by atoms with van der Waals surface area (Å²) in [7, 11) is 0. The van der Waals surface area contributed by atoms with Gasteiger partial charge in [-0.05, 0) is 37.1 Å². The molecule has 0 fully saturated rings. The van der Waals surface area contributed by atoms with Gasteiger partial charge in [0.1, 0.15) is 17.8 Å². The molecule has 5 heteroatoms. The molecule has 4 rings (SSSR count). The Morgan fingerprint density at radius 3 is 2.60 bits per heavy atom. The number of nitrogens with one attached hydrogen (secondary N) is 1. The minimum atomic E-state index is 0.792. The maximum atomic E-state index is 4.56. The van der Waals surface area contributed by atoms with E-state index in [1.54, 1.807) is 18.7 Å². The number of fused-ring (bicyclic) bond motifs is 1. The van der Waals surface area contributed by atoms with Crippen LogP contribution in [0.4, 0.5) is 11.5 Å². The van der Waals surface area contributed by atoms with Crippen molar-refractivity contribution in [1.82, 2.24) is 19.5 Å². The van der Waals surface area contributed by atoms with Crippen molar-refractivity contribution >= 4 is 22.5 Å². The number of aryl methyl sites for hydroxylation is 1. The molecule has 5 nitrogen and oxygen atoms in total. The predicted molar refractivity (Wildman–Crippen MR) is 100 cm³/mol. The number of rotatable bonds is 4. The first kappa shape index (κ1) is 15.3. The van der Waals surface area contributed by atoms with Crippen LogP contribution in [-0.4, -0.2) is 19.5 Å². The third-order valence-electron chi connectivity index (χ3n) is 4.51. The van der Waals surface area contributed by atoms with E-state index in [0.29, 0.717) is 0 Å². The normalized spacial score (nSPS) is 11.0. The van der Waals surface area contributed by atoms with Crippen molar-refractivity contribution in [2.24, 2.45) is 0 Å². The quantitative estimate of drug-likeness (QED) is 0.608. The second-order valence-electron chi connectivity index (χ2n) is 6.07. The van der Waals surface area contributed by atoms with Crippen molar-refractivity contribution in [2.75, 3.05) is 5.32 Å². The predicted octanol–water partition coefficient (Wildman–Crippen LogP) is 4.24. The Morgan fingerprint density at radius 2 is 1.84 bits per heavy atom. The summed E-state index contributed by atoms with van der Waals surface area (Å²) in [6.07, 6.45) is 5.16. The molecule has 0 aliphatic rings. The van der Waals surface area contributed by atoms with Gasteiger partial charge in [-0.15, -0.1) is 0 Å². The molecule has 0 saturated carbocycles. The molecular formula is C20H19N5. The molecule has 3 aromatic heterocycles. The zero-order valence-electron chi connectivity index (χ0n) is 14.3. The van der Waals surface area contributed by atoms with E-state index in [-0.39, 0.29) is 0 Å². The lowest BCUT2D eigenvalue weighted by Gasteiger charge is -2.09. The Morgan fingerprint density at radius 1 is 1.00 bits per heavy atom. The number of nitrogens with zero attached hydrogens (tertiary/aromatic N) is 4. The van der Waals surface area contributed by atoms with Gasteiger partial charge in [-0.25, -0.2) is 9.97 Å². The Balaban J connectivity index is 1.81. The molecule has 25 heavy (non-hydrogen) atoms. The monoisotopic (exact) mass is 329 g/mol. The van der Waals surface area contributed by atoms with E-state index in [9.17, 15) is 0 Å². The van der Waals surface area contributed by atoms with Gasteiger partial charge in [0, 0.05) is 18.4 Å². The second kappa shape index (κ2) is 6.36. The van der Waals surface area contributed by atoms with Crippen molar-refractivity contribution < 1.29 is 0 Å². The first-order valence-corrected chi connectivity index (χ1v) is 8.25. The largest absolute Gasteiger partial charge is 0.338 e. The Labute approximate surface area is 146 Å². The minimum Gasteiger partial charge on any atom is -0.338 e. The van der Waals surface area contributed by atoms with Crippen LogP contribution in [0.15, 0.2) is 61.2 Å². The maximum absolute atomic E-state index is 4.56. The molecule has 0 aliphatic heterocycles. The maximum Gasteiger partial charge on any atom is 0.146 e. The molecule has 3 heterocycles. The molecule has 0 spiro atoms. The van der Waals surface area contributed by atoms with Crippen molar-refractivity contribution in [3.8, 4) is 0 Å². The van der Waals surface area contributed by atoms with Crippen LogP contribution in [0.1, 0.15) is 16.8 Å². The molecule has 0 atom stereocenters. The Kier molecular flexibility index (Phi) is 3.90. The molecule has 0 radical (unpaired) electrons. The van der Waals surface area contributed by atoms with Crippen LogP contribution in [0.3, 0.4) is 0 Å². The van der Waals surface area contributed by atoms with E-state index in [1.165, 1.54) is 16.8 Å². The molecule has 1 N–H and O–H groups in total. The molecule has 0 unspecified atom stereocenters. The van der Waals surface area contributed by atoms with Gasteiger partial charge in [-0.3, -0.25) is 4.98 Å². The number of benzene rings is 1. The SMILES string of the molecule is Cc1c(C)n(Cc2ccccc2)c2ncnc(Nc3cccnc3)c12. The lowest BCUT2D eigenvalue weighted by molar-refractivity contribution is 0.790. The number of pyridine rings is 1. The molecule has 0 amide bonds. The number of anilines is 2.